The first kappa shape index (κ1) is 15.7. The van der Waals surface area contributed by atoms with Crippen molar-refractivity contribution in [3.05, 3.63) is 40.9 Å². The number of pyridine rings is 2. The minimum absolute atomic E-state index is 0.0657. The van der Waals surface area contributed by atoms with Crippen LogP contribution < -0.4 is 14.5 Å². The molecule has 0 spiro atoms. The third-order valence-corrected chi connectivity index (χ3v) is 3.98. The molecule has 6 nitrogen and oxygen atoms in total. The van der Waals surface area contributed by atoms with Crippen LogP contribution in [0.1, 0.15) is 0 Å². The molecule has 3 heterocycles. The summed E-state index contributed by atoms with van der Waals surface area (Å²) in [5.74, 6) is 0.0479. The average molecular weight is 381 g/mol. The predicted octanol–water partition coefficient (Wildman–Crippen LogP) is 2.24. The van der Waals surface area contributed by atoms with Gasteiger partial charge in [-0.25, -0.2) is 14.4 Å². The minimum atomic E-state index is -0.453. The maximum absolute atomic E-state index is 14.0. The topological polar surface area (TPSA) is 58.6 Å². The molecule has 0 unspecified atom stereocenters. The van der Waals surface area contributed by atoms with Crippen LogP contribution in [-0.2, 0) is 4.79 Å². The fraction of sp³-hybridized carbons (Fsp3) is 0.267. The lowest BCUT2D eigenvalue weighted by atomic mass is 10.2. The van der Waals surface area contributed by atoms with E-state index in [1.54, 1.807) is 28.1 Å². The van der Waals surface area contributed by atoms with Gasteiger partial charge in [0.15, 0.2) is 11.6 Å². The molecule has 2 aromatic heterocycles. The quantitative estimate of drug-likeness (QED) is 0.817. The molecule has 0 atom stereocenters. The van der Waals surface area contributed by atoms with Crippen LogP contribution in [0.15, 0.2) is 35.1 Å². The van der Waals surface area contributed by atoms with Gasteiger partial charge < -0.3 is 14.5 Å². The summed E-state index contributed by atoms with van der Waals surface area (Å²) >= 11 is 3.17. The SMILES string of the molecule is COc1cc(N2CCN(c3ncc(Br)cc3F)CC2=O)ccn1. The molecule has 1 amide bonds. The third kappa shape index (κ3) is 3.26. The molecule has 0 aromatic carbocycles. The van der Waals surface area contributed by atoms with Gasteiger partial charge in [-0.05, 0) is 28.1 Å². The second kappa shape index (κ2) is 6.49. The van der Waals surface area contributed by atoms with Crippen molar-refractivity contribution in [2.75, 3.05) is 36.5 Å². The summed E-state index contributed by atoms with van der Waals surface area (Å²) in [5, 5.41) is 0. The van der Waals surface area contributed by atoms with Crippen molar-refractivity contribution < 1.29 is 13.9 Å². The van der Waals surface area contributed by atoms with E-state index < -0.39 is 5.82 Å². The number of hydrogen-bond acceptors (Lipinski definition) is 5. The molecule has 1 fully saturated rings. The van der Waals surface area contributed by atoms with Gasteiger partial charge in [-0.3, -0.25) is 4.79 Å². The Morgan fingerprint density at radius 2 is 2.13 bits per heavy atom. The molecule has 1 saturated heterocycles. The van der Waals surface area contributed by atoms with Crippen LogP contribution in [0.2, 0.25) is 0 Å². The number of methoxy groups -OCH3 is 1. The third-order valence-electron chi connectivity index (χ3n) is 3.55. The molecule has 1 aliphatic rings. The molecule has 0 N–H and O–H groups in total. The standard InChI is InChI=1S/C15H14BrFN4O2/c1-23-13-7-11(2-3-18-13)21-5-4-20(9-14(21)22)15-12(17)6-10(16)8-19-15/h2-3,6-8H,4-5,9H2,1H3. The number of ether oxygens (including phenoxy) is 1. The van der Waals surface area contributed by atoms with Crippen LogP contribution in [0.4, 0.5) is 15.9 Å². The van der Waals surface area contributed by atoms with Gasteiger partial charge >= 0.3 is 0 Å². The molecule has 23 heavy (non-hydrogen) atoms. The van der Waals surface area contributed by atoms with E-state index in [-0.39, 0.29) is 18.3 Å². The number of carbonyl (C=O) groups excluding carboxylic acids is 1. The lowest BCUT2D eigenvalue weighted by Gasteiger charge is -2.35. The summed E-state index contributed by atoms with van der Waals surface area (Å²) in [6.45, 7) is 0.987. The number of amides is 1. The van der Waals surface area contributed by atoms with Crippen molar-refractivity contribution in [3.63, 3.8) is 0 Å². The molecule has 0 saturated carbocycles. The summed E-state index contributed by atoms with van der Waals surface area (Å²) in [6, 6.07) is 4.79. The van der Waals surface area contributed by atoms with Gasteiger partial charge in [0.05, 0.1) is 19.3 Å². The van der Waals surface area contributed by atoms with Gasteiger partial charge in [0, 0.05) is 36.0 Å². The zero-order valence-electron chi connectivity index (χ0n) is 12.4. The molecule has 120 valence electrons. The van der Waals surface area contributed by atoms with Crippen molar-refractivity contribution >= 4 is 33.3 Å². The Hall–Kier alpha value is -2.22. The van der Waals surface area contributed by atoms with Crippen molar-refractivity contribution in [2.24, 2.45) is 0 Å². The molecular formula is C15H14BrFN4O2. The fourth-order valence-electron chi connectivity index (χ4n) is 2.45. The van der Waals surface area contributed by atoms with Crippen molar-refractivity contribution in [3.8, 4) is 5.88 Å². The zero-order chi connectivity index (χ0) is 16.4. The largest absolute Gasteiger partial charge is 0.481 e. The van der Waals surface area contributed by atoms with Gasteiger partial charge in [-0.2, -0.15) is 0 Å². The normalized spacial score (nSPS) is 15.0. The predicted molar refractivity (Wildman–Crippen MR) is 87.3 cm³/mol. The van der Waals surface area contributed by atoms with E-state index in [0.717, 1.165) is 0 Å². The van der Waals surface area contributed by atoms with Crippen LogP contribution in [0.25, 0.3) is 0 Å². The minimum Gasteiger partial charge on any atom is -0.481 e. The van der Waals surface area contributed by atoms with Crippen LogP contribution >= 0.6 is 15.9 Å². The molecule has 0 bridgehead atoms. The van der Waals surface area contributed by atoms with E-state index in [1.165, 1.54) is 19.4 Å². The first-order valence-electron chi connectivity index (χ1n) is 6.95. The number of carbonyl (C=O) groups is 1. The first-order valence-corrected chi connectivity index (χ1v) is 7.74. The zero-order valence-corrected chi connectivity index (χ0v) is 14.0. The number of hydrogen-bond donors (Lipinski definition) is 0. The summed E-state index contributed by atoms with van der Waals surface area (Å²) in [7, 11) is 1.52. The second-order valence-electron chi connectivity index (χ2n) is 4.98. The Morgan fingerprint density at radius 1 is 1.30 bits per heavy atom. The Kier molecular flexibility index (Phi) is 4.42. The van der Waals surface area contributed by atoms with Crippen LogP contribution in [-0.4, -0.2) is 42.6 Å². The van der Waals surface area contributed by atoms with E-state index in [0.29, 0.717) is 29.1 Å². The Labute approximate surface area is 141 Å². The molecule has 3 rings (SSSR count). The summed E-state index contributed by atoms with van der Waals surface area (Å²) in [4.78, 5) is 23.8. The molecule has 0 radical (unpaired) electrons. The summed E-state index contributed by atoms with van der Waals surface area (Å²) in [5.41, 5.74) is 0.714. The first-order chi connectivity index (χ1) is 11.1. The van der Waals surface area contributed by atoms with E-state index in [1.807, 2.05) is 0 Å². The lowest BCUT2D eigenvalue weighted by Crippen LogP contribution is -2.51. The van der Waals surface area contributed by atoms with E-state index in [9.17, 15) is 9.18 Å². The van der Waals surface area contributed by atoms with Crippen molar-refractivity contribution in [1.29, 1.82) is 0 Å². The molecule has 2 aromatic rings. The number of nitrogens with zero attached hydrogens (tertiary/aromatic N) is 4. The lowest BCUT2D eigenvalue weighted by molar-refractivity contribution is -0.117. The molecule has 0 aliphatic carbocycles. The number of anilines is 2. The van der Waals surface area contributed by atoms with Crippen LogP contribution in [0, 0.1) is 5.82 Å². The highest BCUT2D eigenvalue weighted by molar-refractivity contribution is 9.10. The number of rotatable bonds is 3. The highest BCUT2D eigenvalue weighted by Crippen LogP contribution is 2.24. The van der Waals surface area contributed by atoms with Crippen LogP contribution in [0.5, 0.6) is 5.88 Å². The van der Waals surface area contributed by atoms with Crippen LogP contribution in [0.3, 0.4) is 0 Å². The van der Waals surface area contributed by atoms with E-state index in [4.69, 9.17) is 4.74 Å². The number of piperazine rings is 1. The number of halogens is 2. The number of aromatic nitrogens is 2. The van der Waals surface area contributed by atoms with E-state index >= 15 is 0 Å². The molecule has 8 heteroatoms. The van der Waals surface area contributed by atoms with Gasteiger partial charge in [-0.15, -0.1) is 0 Å². The summed E-state index contributed by atoms with van der Waals surface area (Å²) in [6.07, 6.45) is 3.10. The van der Waals surface area contributed by atoms with Gasteiger partial charge in [0.1, 0.15) is 0 Å². The smallest absolute Gasteiger partial charge is 0.246 e. The van der Waals surface area contributed by atoms with Gasteiger partial charge in [0.25, 0.3) is 0 Å². The maximum atomic E-state index is 14.0. The fourth-order valence-corrected chi connectivity index (χ4v) is 2.75. The van der Waals surface area contributed by atoms with E-state index in [2.05, 4.69) is 25.9 Å². The van der Waals surface area contributed by atoms with Crippen molar-refractivity contribution in [1.82, 2.24) is 9.97 Å². The Morgan fingerprint density at radius 3 is 2.83 bits per heavy atom. The molecular weight excluding hydrogens is 367 g/mol. The summed E-state index contributed by atoms with van der Waals surface area (Å²) < 4.78 is 19.6. The average Bonchev–Trinajstić information content (AvgIpc) is 2.55. The maximum Gasteiger partial charge on any atom is 0.246 e. The monoisotopic (exact) mass is 380 g/mol. The second-order valence-corrected chi connectivity index (χ2v) is 5.90. The molecule has 1 aliphatic heterocycles. The Balaban J connectivity index is 1.78. The van der Waals surface area contributed by atoms with Gasteiger partial charge in [-0.1, -0.05) is 0 Å². The Bertz CT molecular complexity index is 743. The van der Waals surface area contributed by atoms with Crippen molar-refractivity contribution in [2.45, 2.75) is 0 Å². The highest BCUT2D eigenvalue weighted by atomic mass is 79.9. The highest BCUT2D eigenvalue weighted by Gasteiger charge is 2.27. The van der Waals surface area contributed by atoms with Gasteiger partial charge in [0.2, 0.25) is 11.8 Å².